The van der Waals surface area contributed by atoms with E-state index in [1.54, 1.807) is 11.8 Å². The van der Waals surface area contributed by atoms with E-state index in [1.165, 1.54) is 0 Å². The Morgan fingerprint density at radius 2 is 2.05 bits per heavy atom. The number of nitrogens with two attached hydrogens (primary N) is 1. The van der Waals surface area contributed by atoms with Crippen LogP contribution in [0.2, 0.25) is 5.02 Å². The Labute approximate surface area is 127 Å². The Kier molecular flexibility index (Phi) is 5.70. The predicted octanol–water partition coefficient (Wildman–Crippen LogP) is 2.58. The average molecular weight is 313 g/mol. The van der Waals surface area contributed by atoms with Gasteiger partial charge in [-0.2, -0.15) is 0 Å². The molecule has 0 bridgehead atoms. The Balaban J connectivity index is 1.81. The summed E-state index contributed by atoms with van der Waals surface area (Å²) in [6, 6.07) is 7.33. The van der Waals surface area contributed by atoms with Gasteiger partial charge in [-0.1, -0.05) is 23.4 Å². The Morgan fingerprint density at radius 1 is 1.30 bits per heavy atom. The van der Waals surface area contributed by atoms with Crippen LogP contribution >= 0.6 is 23.4 Å². The van der Waals surface area contributed by atoms with Crippen molar-refractivity contribution in [2.24, 2.45) is 5.73 Å². The van der Waals surface area contributed by atoms with Crippen molar-refractivity contribution in [2.45, 2.75) is 25.2 Å². The summed E-state index contributed by atoms with van der Waals surface area (Å²) in [5.41, 5.74) is 5.61. The first kappa shape index (κ1) is 15.2. The van der Waals surface area contributed by atoms with Crippen LogP contribution in [0.4, 0.5) is 0 Å². The lowest BCUT2D eigenvalue weighted by Gasteiger charge is -2.07. The van der Waals surface area contributed by atoms with E-state index in [0.717, 1.165) is 29.0 Å². The Morgan fingerprint density at radius 3 is 2.70 bits per heavy atom. The maximum atomic E-state index is 5.81. The van der Waals surface area contributed by atoms with Crippen LogP contribution in [-0.4, -0.2) is 27.1 Å². The number of hydrogen-bond donors (Lipinski definition) is 1. The van der Waals surface area contributed by atoms with Crippen molar-refractivity contribution in [3.63, 3.8) is 0 Å². The number of rotatable bonds is 7. The minimum Gasteiger partial charge on any atom is -0.493 e. The summed E-state index contributed by atoms with van der Waals surface area (Å²) < 4.78 is 7.65. The summed E-state index contributed by atoms with van der Waals surface area (Å²) >= 11 is 7.43. The summed E-state index contributed by atoms with van der Waals surface area (Å²) in [6.07, 6.45) is 0. The first-order chi connectivity index (χ1) is 9.74. The fraction of sp³-hybridized carbons (Fsp3) is 0.385. The van der Waals surface area contributed by atoms with Gasteiger partial charge in [-0.3, -0.25) is 0 Å². The third kappa shape index (κ3) is 3.88. The lowest BCUT2D eigenvalue weighted by atomic mass is 10.3. The van der Waals surface area contributed by atoms with Crippen LogP contribution in [0.3, 0.4) is 0 Å². The van der Waals surface area contributed by atoms with Crippen LogP contribution in [0.1, 0.15) is 12.7 Å². The number of thioether (sulfide) groups is 1. The normalized spacial score (nSPS) is 10.8. The monoisotopic (exact) mass is 312 g/mol. The zero-order chi connectivity index (χ0) is 14.4. The quantitative estimate of drug-likeness (QED) is 0.629. The lowest BCUT2D eigenvalue weighted by molar-refractivity contribution is 0.344. The van der Waals surface area contributed by atoms with Gasteiger partial charge in [0.2, 0.25) is 0 Å². The number of ether oxygens (including phenoxy) is 1. The molecule has 0 saturated carbocycles. The van der Waals surface area contributed by atoms with E-state index >= 15 is 0 Å². The Hall–Kier alpha value is -1.24. The van der Waals surface area contributed by atoms with Crippen LogP contribution in [0.25, 0.3) is 0 Å². The molecule has 0 radical (unpaired) electrons. The predicted molar refractivity (Wildman–Crippen MR) is 81.3 cm³/mol. The molecule has 0 saturated heterocycles. The fourth-order valence-electron chi connectivity index (χ4n) is 1.72. The molecular weight excluding hydrogens is 296 g/mol. The van der Waals surface area contributed by atoms with Crippen molar-refractivity contribution in [3.8, 4) is 5.75 Å². The molecule has 0 aliphatic heterocycles. The maximum Gasteiger partial charge on any atom is 0.191 e. The van der Waals surface area contributed by atoms with Crippen molar-refractivity contribution >= 4 is 23.4 Å². The van der Waals surface area contributed by atoms with Gasteiger partial charge in [0.25, 0.3) is 0 Å². The molecule has 1 aromatic carbocycles. The molecule has 108 valence electrons. The number of aromatic nitrogens is 3. The third-order valence-electron chi connectivity index (χ3n) is 2.69. The van der Waals surface area contributed by atoms with Gasteiger partial charge >= 0.3 is 0 Å². The second-order valence-electron chi connectivity index (χ2n) is 4.00. The highest BCUT2D eigenvalue weighted by Crippen LogP contribution is 2.18. The summed E-state index contributed by atoms with van der Waals surface area (Å²) in [5, 5.41) is 9.79. The lowest BCUT2D eigenvalue weighted by Crippen LogP contribution is -2.08. The molecule has 20 heavy (non-hydrogen) atoms. The average Bonchev–Trinajstić information content (AvgIpc) is 2.87. The molecule has 1 aromatic heterocycles. The minimum absolute atomic E-state index is 0.405. The van der Waals surface area contributed by atoms with Gasteiger partial charge < -0.3 is 15.0 Å². The van der Waals surface area contributed by atoms with Gasteiger partial charge in [-0.05, 0) is 31.2 Å². The van der Waals surface area contributed by atoms with Gasteiger partial charge in [0.15, 0.2) is 5.16 Å². The highest BCUT2D eigenvalue weighted by Gasteiger charge is 2.09. The number of halogens is 1. The van der Waals surface area contributed by atoms with E-state index in [1.807, 2.05) is 28.8 Å². The van der Waals surface area contributed by atoms with Gasteiger partial charge in [-0.15, -0.1) is 10.2 Å². The molecule has 2 rings (SSSR count). The van der Waals surface area contributed by atoms with Crippen molar-refractivity contribution in [2.75, 3.05) is 12.4 Å². The highest BCUT2D eigenvalue weighted by molar-refractivity contribution is 7.99. The first-order valence-corrected chi connectivity index (χ1v) is 7.74. The molecule has 2 N–H and O–H groups in total. The summed E-state index contributed by atoms with van der Waals surface area (Å²) in [5.74, 6) is 2.42. The molecule has 0 amide bonds. The van der Waals surface area contributed by atoms with Crippen molar-refractivity contribution < 1.29 is 4.74 Å². The van der Waals surface area contributed by atoms with E-state index in [-0.39, 0.29) is 0 Å². The largest absolute Gasteiger partial charge is 0.493 e. The molecule has 7 heteroatoms. The first-order valence-electron chi connectivity index (χ1n) is 6.38. The van der Waals surface area contributed by atoms with E-state index < -0.39 is 0 Å². The summed E-state index contributed by atoms with van der Waals surface area (Å²) in [4.78, 5) is 0. The van der Waals surface area contributed by atoms with Crippen LogP contribution in [-0.2, 0) is 13.1 Å². The highest BCUT2D eigenvalue weighted by atomic mass is 35.5. The SMILES string of the molecule is CCn1c(CN)nnc1SCCOc1ccc(Cl)cc1. The van der Waals surface area contributed by atoms with E-state index in [0.29, 0.717) is 18.2 Å². The van der Waals surface area contributed by atoms with E-state index in [2.05, 4.69) is 17.1 Å². The van der Waals surface area contributed by atoms with Crippen LogP contribution in [0.15, 0.2) is 29.4 Å². The van der Waals surface area contributed by atoms with Crippen molar-refractivity contribution in [1.82, 2.24) is 14.8 Å². The van der Waals surface area contributed by atoms with Crippen LogP contribution in [0, 0.1) is 0 Å². The van der Waals surface area contributed by atoms with Gasteiger partial charge in [0, 0.05) is 17.3 Å². The fourth-order valence-corrected chi connectivity index (χ4v) is 2.68. The summed E-state index contributed by atoms with van der Waals surface area (Å²) in [6.45, 7) is 3.88. The molecule has 1 heterocycles. The molecule has 0 fully saturated rings. The van der Waals surface area contributed by atoms with E-state index in [9.17, 15) is 0 Å². The molecule has 0 atom stereocenters. The van der Waals surface area contributed by atoms with Crippen molar-refractivity contribution in [1.29, 1.82) is 0 Å². The molecule has 0 aliphatic carbocycles. The van der Waals surface area contributed by atoms with Crippen molar-refractivity contribution in [3.05, 3.63) is 35.1 Å². The molecule has 5 nitrogen and oxygen atoms in total. The molecular formula is C13H17ClN4OS. The molecule has 0 unspecified atom stereocenters. The second kappa shape index (κ2) is 7.52. The third-order valence-corrected chi connectivity index (χ3v) is 3.87. The maximum absolute atomic E-state index is 5.81. The molecule has 2 aromatic rings. The second-order valence-corrected chi connectivity index (χ2v) is 5.50. The van der Waals surface area contributed by atoms with Gasteiger partial charge in [0.1, 0.15) is 11.6 Å². The topological polar surface area (TPSA) is 66.0 Å². The van der Waals surface area contributed by atoms with Crippen LogP contribution < -0.4 is 10.5 Å². The van der Waals surface area contributed by atoms with E-state index in [4.69, 9.17) is 22.1 Å². The number of nitrogens with zero attached hydrogens (tertiary/aromatic N) is 3. The van der Waals surface area contributed by atoms with Gasteiger partial charge in [0.05, 0.1) is 13.2 Å². The molecule has 0 spiro atoms. The smallest absolute Gasteiger partial charge is 0.191 e. The minimum atomic E-state index is 0.405. The standard InChI is InChI=1S/C13H17ClN4OS/c1-2-18-12(9-15)16-17-13(18)20-8-7-19-11-5-3-10(14)4-6-11/h3-6H,2,7-9,15H2,1H3. The van der Waals surface area contributed by atoms with Crippen LogP contribution in [0.5, 0.6) is 5.75 Å². The summed E-state index contributed by atoms with van der Waals surface area (Å²) in [7, 11) is 0. The zero-order valence-electron chi connectivity index (χ0n) is 11.3. The Bertz CT molecular complexity index is 544. The zero-order valence-corrected chi connectivity index (χ0v) is 12.8. The van der Waals surface area contributed by atoms with Gasteiger partial charge in [-0.25, -0.2) is 0 Å². The number of hydrogen-bond acceptors (Lipinski definition) is 5. The molecule has 0 aliphatic rings. The number of benzene rings is 1.